The summed E-state index contributed by atoms with van der Waals surface area (Å²) in [6, 6.07) is 13.8. The Morgan fingerprint density at radius 2 is 1.83 bits per heavy atom. The number of imidazole rings is 1. The van der Waals surface area contributed by atoms with Gasteiger partial charge in [0, 0.05) is 5.56 Å². The van der Waals surface area contributed by atoms with Crippen molar-refractivity contribution in [3.05, 3.63) is 83.9 Å². The average molecular weight is 395 g/mol. The van der Waals surface area contributed by atoms with Crippen LogP contribution in [0.1, 0.15) is 25.1 Å². The van der Waals surface area contributed by atoms with E-state index in [1.54, 1.807) is 12.1 Å². The minimum atomic E-state index is -1.44. The molecule has 0 saturated heterocycles. The fourth-order valence-corrected chi connectivity index (χ4v) is 3.07. The van der Waals surface area contributed by atoms with E-state index in [0.29, 0.717) is 11.3 Å². The predicted molar refractivity (Wildman–Crippen MR) is 104 cm³/mol. The Labute approximate surface area is 166 Å². The van der Waals surface area contributed by atoms with Gasteiger partial charge in [-0.2, -0.15) is 0 Å². The van der Waals surface area contributed by atoms with Gasteiger partial charge in [-0.15, -0.1) is 0 Å². The van der Waals surface area contributed by atoms with E-state index in [9.17, 15) is 13.9 Å². The second-order valence-electron chi connectivity index (χ2n) is 7.22. The van der Waals surface area contributed by atoms with Crippen molar-refractivity contribution in [2.24, 2.45) is 0 Å². The van der Waals surface area contributed by atoms with E-state index in [4.69, 9.17) is 4.74 Å². The Morgan fingerprint density at radius 3 is 2.55 bits per heavy atom. The summed E-state index contributed by atoms with van der Waals surface area (Å²) < 4.78 is 36.1. The maximum absolute atomic E-state index is 14.8. The normalized spacial score (nSPS) is 11.8. The lowest BCUT2D eigenvalue weighted by Gasteiger charge is -2.17. The summed E-state index contributed by atoms with van der Waals surface area (Å²) in [6.07, 6.45) is 2.87. The molecular formula is C22H19F2N3O2. The highest BCUT2D eigenvalue weighted by Gasteiger charge is 2.25. The van der Waals surface area contributed by atoms with Crippen LogP contribution in [0.3, 0.4) is 0 Å². The third kappa shape index (κ3) is 3.69. The summed E-state index contributed by atoms with van der Waals surface area (Å²) in [6.45, 7) is 3.13. The van der Waals surface area contributed by atoms with E-state index in [1.165, 1.54) is 36.8 Å². The van der Waals surface area contributed by atoms with E-state index in [1.807, 2.05) is 30.3 Å². The molecule has 0 aliphatic carbocycles. The van der Waals surface area contributed by atoms with Crippen LogP contribution in [-0.4, -0.2) is 19.5 Å². The number of rotatable bonds is 5. The number of aliphatic hydroxyl groups is 1. The highest BCUT2D eigenvalue weighted by atomic mass is 19.1. The lowest BCUT2D eigenvalue weighted by atomic mass is 10.1. The van der Waals surface area contributed by atoms with Crippen molar-refractivity contribution in [2.75, 3.05) is 0 Å². The summed E-state index contributed by atoms with van der Waals surface area (Å²) in [4.78, 5) is 8.16. The van der Waals surface area contributed by atoms with Crippen molar-refractivity contribution in [1.29, 1.82) is 0 Å². The highest BCUT2D eigenvalue weighted by Crippen LogP contribution is 2.30. The van der Waals surface area contributed by atoms with Crippen molar-refractivity contribution in [1.82, 2.24) is 14.4 Å². The second-order valence-corrected chi connectivity index (χ2v) is 7.22. The van der Waals surface area contributed by atoms with E-state index >= 15 is 0 Å². The molecule has 2 aromatic heterocycles. The van der Waals surface area contributed by atoms with Gasteiger partial charge in [-0.3, -0.25) is 4.40 Å². The fraction of sp³-hybridized carbons (Fsp3) is 0.182. The summed E-state index contributed by atoms with van der Waals surface area (Å²) in [5.41, 5.74) is 0.540. The zero-order valence-corrected chi connectivity index (χ0v) is 15.9. The molecule has 0 bridgehead atoms. The lowest BCUT2D eigenvalue weighted by molar-refractivity contribution is 0.0694. The molecule has 1 N–H and O–H groups in total. The molecule has 5 nitrogen and oxygen atoms in total. The maximum atomic E-state index is 14.8. The van der Waals surface area contributed by atoms with E-state index in [0.717, 1.165) is 5.56 Å². The van der Waals surface area contributed by atoms with Crippen molar-refractivity contribution in [2.45, 2.75) is 26.1 Å². The number of fused-ring (bicyclic) bond motifs is 1. The van der Waals surface area contributed by atoms with Gasteiger partial charge in [0.1, 0.15) is 24.2 Å². The average Bonchev–Trinajstić information content (AvgIpc) is 3.12. The molecular weight excluding hydrogens is 376 g/mol. The minimum absolute atomic E-state index is 0.0307. The Kier molecular flexibility index (Phi) is 4.76. The van der Waals surface area contributed by atoms with Gasteiger partial charge in [-0.1, -0.05) is 30.3 Å². The lowest BCUT2D eigenvalue weighted by Crippen LogP contribution is -2.20. The van der Waals surface area contributed by atoms with Gasteiger partial charge >= 0.3 is 0 Å². The Balaban J connectivity index is 1.70. The van der Waals surface area contributed by atoms with Crippen LogP contribution in [-0.2, 0) is 12.2 Å². The van der Waals surface area contributed by atoms with Crippen molar-refractivity contribution in [3.63, 3.8) is 0 Å². The van der Waals surface area contributed by atoms with Gasteiger partial charge in [-0.05, 0) is 37.6 Å². The largest absolute Gasteiger partial charge is 0.486 e. The third-order valence-electron chi connectivity index (χ3n) is 4.55. The second kappa shape index (κ2) is 7.25. The molecule has 4 aromatic rings. The first-order chi connectivity index (χ1) is 13.8. The van der Waals surface area contributed by atoms with Gasteiger partial charge in [0.25, 0.3) is 0 Å². The molecule has 0 aliphatic rings. The third-order valence-corrected chi connectivity index (χ3v) is 4.55. The van der Waals surface area contributed by atoms with Crippen LogP contribution in [0.5, 0.6) is 5.75 Å². The Bertz CT molecular complexity index is 1170. The summed E-state index contributed by atoms with van der Waals surface area (Å²) >= 11 is 0. The van der Waals surface area contributed by atoms with E-state index in [2.05, 4.69) is 9.97 Å². The Hall–Kier alpha value is -3.32. The van der Waals surface area contributed by atoms with Gasteiger partial charge in [0.15, 0.2) is 23.0 Å². The quantitative estimate of drug-likeness (QED) is 0.541. The van der Waals surface area contributed by atoms with Crippen LogP contribution in [0.15, 0.2) is 61.1 Å². The van der Waals surface area contributed by atoms with Gasteiger partial charge in [0.2, 0.25) is 0 Å². The van der Waals surface area contributed by atoms with Gasteiger partial charge in [-0.25, -0.2) is 18.7 Å². The number of ether oxygens (including phenoxy) is 1. The molecule has 4 rings (SSSR count). The van der Waals surface area contributed by atoms with Crippen LogP contribution < -0.4 is 4.74 Å². The SMILES string of the molecule is CC(C)(O)c1ncn2c(-c3ccc(F)c(OCc4ccccc4)c3)cnc2c1F. The number of hydrogen-bond acceptors (Lipinski definition) is 4. The first-order valence-corrected chi connectivity index (χ1v) is 9.05. The molecule has 0 radical (unpaired) electrons. The zero-order valence-electron chi connectivity index (χ0n) is 15.9. The molecule has 0 spiro atoms. The molecule has 2 aromatic carbocycles. The number of hydrogen-bond donors (Lipinski definition) is 1. The predicted octanol–water partition coefficient (Wildman–Crippen LogP) is 4.48. The van der Waals surface area contributed by atoms with Crippen LogP contribution in [0.2, 0.25) is 0 Å². The van der Waals surface area contributed by atoms with Crippen LogP contribution in [0.4, 0.5) is 8.78 Å². The fourth-order valence-electron chi connectivity index (χ4n) is 3.07. The number of benzene rings is 2. The van der Waals surface area contributed by atoms with Crippen LogP contribution in [0.25, 0.3) is 16.9 Å². The zero-order chi connectivity index (χ0) is 20.6. The smallest absolute Gasteiger partial charge is 0.190 e. The summed E-state index contributed by atoms with van der Waals surface area (Å²) in [5.74, 6) is -1.11. The number of nitrogens with zero attached hydrogens (tertiary/aromatic N) is 3. The molecule has 7 heteroatoms. The minimum Gasteiger partial charge on any atom is -0.486 e. The molecule has 2 heterocycles. The van der Waals surface area contributed by atoms with Crippen LogP contribution >= 0.6 is 0 Å². The van der Waals surface area contributed by atoms with Crippen LogP contribution in [0, 0.1) is 11.6 Å². The Morgan fingerprint density at radius 1 is 1.07 bits per heavy atom. The molecule has 0 atom stereocenters. The molecule has 0 unspecified atom stereocenters. The highest BCUT2D eigenvalue weighted by molar-refractivity contribution is 5.65. The monoisotopic (exact) mass is 395 g/mol. The number of halogens is 2. The summed E-state index contributed by atoms with van der Waals surface area (Å²) in [5, 5.41) is 10.1. The van der Waals surface area contributed by atoms with Crippen molar-refractivity contribution >= 4 is 5.65 Å². The molecule has 0 fully saturated rings. The molecule has 29 heavy (non-hydrogen) atoms. The van der Waals surface area contributed by atoms with Crippen molar-refractivity contribution < 1.29 is 18.6 Å². The van der Waals surface area contributed by atoms with E-state index < -0.39 is 17.2 Å². The van der Waals surface area contributed by atoms with E-state index in [-0.39, 0.29) is 23.7 Å². The summed E-state index contributed by atoms with van der Waals surface area (Å²) in [7, 11) is 0. The molecule has 0 aliphatic heterocycles. The van der Waals surface area contributed by atoms with Gasteiger partial charge < -0.3 is 9.84 Å². The van der Waals surface area contributed by atoms with Crippen molar-refractivity contribution in [3.8, 4) is 17.0 Å². The topological polar surface area (TPSA) is 59.7 Å². The maximum Gasteiger partial charge on any atom is 0.190 e. The molecule has 0 saturated carbocycles. The first-order valence-electron chi connectivity index (χ1n) is 9.05. The standard InChI is InChI=1S/C22H19F2N3O2/c1-22(2,28)20-19(24)21-25-11-17(27(21)13-26-20)15-8-9-16(23)18(10-15)29-12-14-6-4-3-5-7-14/h3-11,13,28H,12H2,1-2H3. The number of aromatic nitrogens is 3. The molecule has 0 amide bonds. The van der Waals surface area contributed by atoms with Gasteiger partial charge in [0.05, 0.1) is 11.9 Å². The first kappa shape index (κ1) is 19.0. The molecule has 148 valence electrons.